The van der Waals surface area contributed by atoms with Gasteiger partial charge in [-0.1, -0.05) is 24.3 Å². The van der Waals surface area contributed by atoms with E-state index >= 15 is 0 Å². The Morgan fingerprint density at radius 1 is 0.611 bits per heavy atom. The number of alkyl halides is 12. The zero-order valence-electron chi connectivity index (χ0n) is 17.9. The second kappa shape index (κ2) is 12.0. The predicted molar refractivity (Wildman–Crippen MR) is 104 cm³/mol. The average Bonchev–Trinajstić information content (AvgIpc) is 2.73. The molecule has 0 aromatic heterocycles. The van der Waals surface area contributed by atoms with Crippen LogP contribution in [-0.4, -0.2) is 23.4 Å². The molecule has 14 heteroatoms. The number of hydrogen-bond donors (Lipinski definition) is 2. The first-order valence-corrected chi connectivity index (χ1v) is 9.76. The third kappa shape index (κ3) is 9.37. The first kappa shape index (κ1) is 31.3. The number of halogens is 12. The van der Waals surface area contributed by atoms with Crippen LogP contribution in [0.5, 0.6) is 0 Å². The van der Waals surface area contributed by atoms with Crippen LogP contribution >= 0.6 is 0 Å². The number of aryl methyl sites for hydroxylation is 1. The Labute approximate surface area is 196 Å². The van der Waals surface area contributed by atoms with Gasteiger partial charge in [0.05, 0.1) is 28.9 Å². The summed E-state index contributed by atoms with van der Waals surface area (Å²) < 4.78 is 150. The molecule has 0 unspecified atom stereocenters. The van der Waals surface area contributed by atoms with Crippen molar-refractivity contribution < 1.29 is 62.9 Å². The lowest BCUT2D eigenvalue weighted by Crippen LogP contribution is -2.13. The molecule has 0 bridgehead atoms. The Morgan fingerprint density at radius 3 is 1.50 bits per heavy atom. The van der Waals surface area contributed by atoms with E-state index in [2.05, 4.69) is 0 Å². The minimum absolute atomic E-state index is 0.0526. The Balaban J connectivity index is 0.000000360. The lowest BCUT2D eigenvalue weighted by atomic mass is 9.99. The molecule has 2 aromatic carbocycles. The van der Waals surface area contributed by atoms with Crippen molar-refractivity contribution in [2.45, 2.75) is 37.5 Å². The van der Waals surface area contributed by atoms with Crippen molar-refractivity contribution in [2.75, 3.05) is 13.2 Å². The fourth-order valence-corrected chi connectivity index (χ4v) is 2.81. The first-order chi connectivity index (χ1) is 16.3. The smallest absolute Gasteiger partial charge is 0.396 e. The molecule has 0 saturated carbocycles. The van der Waals surface area contributed by atoms with Gasteiger partial charge in [0.25, 0.3) is 0 Å². The van der Waals surface area contributed by atoms with Crippen LogP contribution in [0.25, 0.3) is 6.08 Å². The van der Waals surface area contributed by atoms with E-state index in [0.29, 0.717) is 12.1 Å². The van der Waals surface area contributed by atoms with E-state index in [-0.39, 0.29) is 37.1 Å². The van der Waals surface area contributed by atoms with Crippen molar-refractivity contribution in [1.82, 2.24) is 0 Å². The summed E-state index contributed by atoms with van der Waals surface area (Å²) in [4.78, 5) is 0. The molecule has 0 spiro atoms. The minimum atomic E-state index is -4.89. The molecule has 2 nitrogen and oxygen atoms in total. The van der Waals surface area contributed by atoms with Crippen LogP contribution in [0, 0.1) is 0 Å². The summed E-state index contributed by atoms with van der Waals surface area (Å²) in [6.07, 6.45) is -17.5. The summed E-state index contributed by atoms with van der Waals surface area (Å²) in [7, 11) is 0. The fraction of sp³-hybridized carbons (Fsp3) is 0.364. The maximum absolute atomic E-state index is 12.6. The highest BCUT2D eigenvalue weighted by molar-refractivity contribution is 5.56. The summed E-state index contributed by atoms with van der Waals surface area (Å²) in [6, 6.07) is 2.86. The summed E-state index contributed by atoms with van der Waals surface area (Å²) in [5, 5.41) is 17.0. The van der Waals surface area contributed by atoms with Gasteiger partial charge in [-0.2, -0.15) is 52.7 Å². The van der Waals surface area contributed by atoms with Crippen LogP contribution < -0.4 is 0 Å². The number of hydrogen-bond acceptors (Lipinski definition) is 2. The lowest BCUT2D eigenvalue weighted by Gasteiger charge is -2.15. The van der Waals surface area contributed by atoms with Crippen molar-refractivity contribution in [3.63, 3.8) is 0 Å². The fourth-order valence-electron chi connectivity index (χ4n) is 2.81. The molecule has 0 amide bonds. The van der Waals surface area contributed by atoms with Gasteiger partial charge < -0.3 is 10.2 Å². The maximum Gasteiger partial charge on any atom is 0.417 e. The SMILES string of the molecule is OC/C=C/c1ccc(C(F)(F)F)cc1C(F)(F)F.OCCCc1ccc(C(F)(F)F)cc1C(F)(F)F. The van der Waals surface area contributed by atoms with Crippen LogP contribution in [0.15, 0.2) is 42.5 Å². The van der Waals surface area contributed by atoms with E-state index < -0.39 is 59.1 Å². The Morgan fingerprint density at radius 2 is 1.08 bits per heavy atom. The van der Waals surface area contributed by atoms with E-state index in [4.69, 9.17) is 10.2 Å². The Bertz CT molecular complexity index is 1020. The molecule has 2 N–H and O–H groups in total. The molecule has 2 rings (SSSR count). The highest BCUT2D eigenvalue weighted by Gasteiger charge is 2.38. The predicted octanol–water partition coefficient (Wildman–Crippen LogP) is 7.38. The molecule has 0 saturated heterocycles. The van der Waals surface area contributed by atoms with Gasteiger partial charge >= 0.3 is 24.7 Å². The molecule has 202 valence electrons. The molecule has 2 aromatic rings. The third-order valence-corrected chi connectivity index (χ3v) is 4.44. The zero-order chi connectivity index (χ0) is 27.9. The molecular formula is C22H18F12O2. The van der Waals surface area contributed by atoms with E-state index in [0.717, 1.165) is 24.3 Å². The van der Waals surface area contributed by atoms with Gasteiger partial charge in [0.1, 0.15) is 0 Å². The molecule has 36 heavy (non-hydrogen) atoms. The molecule has 0 heterocycles. The van der Waals surface area contributed by atoms with E-state index in [1.54, 1.807) is 0 Å². The minimum Gasteiger partial charge on any atom is -0.396 e. The van der Waals surface area contributed by atoms with E-state index in [9.17, 15) is 52.7 Å². The van der Waals surface area contributed by atoms with Gasteiger partial charge in [-0.05, 0) is 48.2 Å². The van der Waals surface area contributed by atoms with Gasteiger partial charge in [0.15, 0.2) is 0 Å². The second-order valence-electron chi connectivity index (χ2n) is 7.08. The highest BCUT2D eigenvalue weighted by Crippen LogP contribution is 2.39. The normalized spacial score (nSPS) is 13.1. The van der Waals surface area contributed by atoms with Gasteiger partial charge in [-0.25, -0.2) is 0 Å². The van der Waals surface area contributed by atoms with Gasteiger partial charge in [0, 0.05) is 6.61 Å². The number of rotatable bonds is 5. The quantitative estimate of drug-likeness (QED) is 0.387. The maximum atomic E-state index is 12.6. The third-order valence-electron chi connectivity index (χ3n) is 4.44. The summed E-state index contributed by atoms with van der Waals surface area (Å²) in [5.41, 5.74) is -6.06. The van der Waals surface area contributed by atoms with Crippen LogP contribution in [0.2, 0.25) is 0 Å². The van der Waals surface area contributed by atoms with Crippen LogP contribution in [0.3, 0.4) is 0 Å². The molecule has 0 aliphatic carbocycles. The van der Waals surface area contributed by atoms with Crippen LogP contribution in [0.1, 0.15) is 39.8 Å². The van der Waals surface area contributed by atoms with E-state index in [1.165, 1.54) is 0 Å². The van der Waals surface area contributed by atoms with Gasteiger partial charge in [0.2, 0.25) is 0 Å². The van der Waals surface area contributed by atoms with Crippen LogP contribution in [0.4, 0.5) is 52.7 Å². The highest BCUT2D eigenvalue weighted by atomic mass is 19.4. The largest absolute Gasteiger partial charge is 0.417 e. The molecular weight excluding hydrogens is 524 g/mol. The van der Waals surface area contributed by atoms with Crippen molar-refractivity contribution in [1.29, 1.82) is 0 Å². The lowest BCUT2D eigenvalue weighted by molar-refractivity contribution is -0.144. The van der Waals surface area contributed by atoms with Gasteiger partial charge in [-0.15, -0.1) is 0 Å². The second-order valence-corrected chi connectivity index (χ2v) is 7.08. The van der Waals surface area contributed by atoms with Crippen LogP contribution in [-0.2, 0) is 31.1 Å². The standard InChI is InChI=1S/C11H10F6O.C11H8F6O/c2*12-10(13,14)8-4-3-7(2-1-5-18)9(6-8)11(15,16)17/h3-4,6,18H,1-2,5H2;1-4,6,18H,5H2/b;2-1+. The number of aliphatic hydroxyl groups is 2. The monoisotopic (exact) mass is 542 g/mol. The molecule has 0 radical (unpaired) electrons. The summed E-state index contributed by atoms with van der Waals surface area (Å²) >= 11 is 0. The van der Waals surface area contributed by atoms with Crippen molar-refractivity contribution >= 4 is 6.08 Å². The Hall–Kier alpha value is -2.74. The first-order valence-electron chi connectivity index (χ1n) is 9.76. The molecule has 0 fully saturated rings. The van der Waals surface area contributed by atoms with Gasteiger partial charge in [-0.3, -0.25) is 0 Å². The summed E-state index contributed by atoms with van der Waals surface area (Å²) in [6.45, 7) is -0.823. The van der Waals surface area contributed by atoms with Crippen molar-refractivity contribution in [3.8, 4) is 0 Å². The number of aliphatic hydroxyl groups excluding tert-OH is 2. The van der Waals surface area contributed by atoms with Crippen molar-refractivity contribution in [3.05, 3.63) is 75.9 Å². The number of benzene rings is 2. The van der Waals surface area contributed by atoms with E-state index in [1.807, 2.05) is 0 Å². The molecule has 0 atom stereocenters. The topological polar surface area (TPSA) is 40.5 Å². The average molecular weight is 542 g/mol. The molecule has 0 aliphatic rings. The zero-order valence-corrected chi connectivity index (χ0v) is 17.9. The molecule has 0 aliphatic heterocycles. The summed E-state index contributed by atoms with van der Waals surface area (Å²) in [5.74, 6) is 0. The Kier molecular flexibility index (Phi) is 10.4. The van der Waals surface area contributed by atoms with Crippen molar-refractivity contribution in [2.24, 2.45) is 0 Å².